The molecule has 4 nitrogen and oxygen atoms in total. The van der Waals surface area contributed by atoms with Gasteiger partial charge in [0.15, 0.2) is 0 Å². The van der Waals surface area contributed by atoms with E-state index in [1.54, 1.807) is 24.4 Å². The van der Waals surface area contributed by atoms with Gasteiger partial charge < -0.3 is 9.64 Å². The molecule has 0 bridgehead atoms. The number of anilines is 1. The molecule has 0 N–H and O–H groups in total. The maximum atomic E-state index is 14.0. The van der Waals surface area contributed by atoms with Crippen LogP contribution in [-0.2, 0) is 6.54 Å². The summed E-state index contributed by atoms with van der Waals surface area (Å²) in [5.41, 5.74) is 1.34. The fourth-order valence-corrected chi connectivity index (χ4v) is 2.80. The Hall–Kier alpha value is -3.28. The highest BCUT2D eigenvalue weighted by Gasteiger charge is 2.29. The number of hydrogen-bond acceptors (Lipinski definition) is 3. The van der Waals surface area contributed by atoms with E-state index in [4.69, 9.17) is 4.74 Å². The predicted octanol–water partition coefficient (Wildman–Crippen LogP) is 4.31. The van der Waals surface area contributed by atoms with Crippen LogP contribution in [0.2, 0.25) is 0 Å². The van der Waals surface area contributed by atoms with E-state index in [9.17, 15) is 13.6 Å². The van der Waals surface area contributed by atoms with Gasteiger partial charge in [-0.15, -0.1) is 0 Å². The van der Waals surface area contributed by atoms with Gasteiger partial charge in [0.05, 0.1) is 18.4 Å². The Morgan fingerprint density at radius 2 is 1.88 bits per heavy atom. The van der Waals surface area contributed by atoms with Gasteiger partial charge in [-0.05, 0) is 42.0 Å². The van der Waals surface area contributed by atoms with Crippen molar-refractivity contribution in [2.24, 2.45) is 0 Å². The number of amides is 1. The van der Waals surface area contributed by atoms with Gasteiger partial charge >= 0.3 is 0 Å². The number of benzene rings is 2. The van der Waals surface area contributed by atoms with E-state index >= 15 is 0 Å². The second-order valence-electron chi connectivity index (χ2n) is 5.63. The van der Waals surface area contributed by atoms with Crippen LogP contribution in [-0.4, -0.2) is 10.9 Å². The molecule has 0 radical (unpaired) electrons. The molecule has 0 saturated carbocycles. The molecule has 1 aliphatic heterocycles. The fraction of sp³-hybridized carbons (Fsp3) is 0.0526. The Balaban J connectivity index is 1.66. The number of carbonyl (C=O) groups excluding carboxylic acids is 1. The molecule has 0 fully saturated rings. The van der Waals surface area contributed by atoms with Gasteiger partial charge in [-0.25, -0.2) is 8.78 Å². The highest BCUT2D eigenvalue weighted by Crippen LogP contribution is 2.33. The van der Waals surface area contributed by atoms with E-state index in [2.05, 4.69) is 4.98 Å². The number of aromatic nitrogens is 1. The molecule has 0 atom stereocenters. The van der Waals surface area contributed by atoms with Gasteiger partial charge in [-0.2, -0.15) is 0 Å². The third-order valence-corrected chi connectivity index (χ3v) is 3.91. The largest absolute Gasteiger partial charge is 0.456 e. The minimum atomic E-state index is -0.536. The number of pyridine rings is 1. The lowest BCUT2D eigenvalue weighted by molar-refractivity contribution is 0.0996. The normalized spacial score (nSPS) is 13.0. The third kappa shape index (κ3) is 2.94. The number of ether oxygens (including phenoxy) is 1. The molecule has 1 aliphatic rings. The van der Waals surface area contributed by atoms with Crippen LogP contribution in [0.1, 0.15) is 15.9 Å². The molecule has 3 aromatic rings. The van der Waals surface area contributed by atoms with Crippen molar-refractivity contribution in [3.05, 3.63) is 83.7 Å². The van der Waals surface area contributed by atoms with E-state index in [-0.39, 0.29) is 18.2 Å². The maximum Gasteiger partial charge on any atom is 0.258 e. The second kappa shape index (κ2) is 5.98. The van der Waals surface area contributed by atoms with Gasteiger partial charge in [0.2, 0.25) is 0 Å². The second-order valence-corrected chi connectivity index (χ2v) is 5.63. The van der Waals surface area contributed by atoms with Crippen molar-refractivity contribution in [2.75, 3.05) is 4.90 Å². The quantitative estimate of drug-likeness (QED) is 0.714. The Labute approximate surface area is 142 Å². The Morgan fingerprint density at radius 3 is 2.68 bits per heavy atom. The molecule has 124 valence electrons. The number of hydrogen-bond donors (Lipinski definition) is 0. The summed E-state index contributed by atoms with van der Waals surface area (Å²) in [6.07, 6.45) is 3.10. The summed E-state index contributed by atoms with van der Waals surface area (Å²) in [6.45, 7) is 0.182. The topological polar surface area (TPSA) is 42.4 Å². The van der Waals surface area contributed by atoms with Gasteiger partial charge in [0.25, 0.3) is 5.91 Å². The van der Waals surface area contributed by atoms with Crippen molar-refractivity contribution in [3.63, 3.8) is 0 Å². The molecule has 2 aromatic carbocycles. The van der Waals surface area contributed by atoms with Crippen LogP contribution < -0.4 is 9.64 Å². The zero-order chi connectivity index (χ0) is 17.4. The first-order valence-electron chi connectivity index (χ1n) is 7.59. The highest BCUT2D eigenvalue weighted by molar-refractivity contribution is 6.10. The average molecular weight is 338 g/mol. The summed E-state index contributed by atoms with van der Waals surface area (Å²) in [5.74, 6) is -0.539. The fourth-order valence-electron chi connectivity index (χ4n) is 2.80. The third-order valence-electron chi connectivity index (χ3n) is 3.91. The van der Waals surface area contributed by atoms with E-state index in [0.717, 1.165) is 0 Å². The average Bonchev–Trinajstić information content (AvgIpc) is 2.91. The minimum absolute atomic E-state index is 0.182. The first-order valence-corrected chi connectivity index (χ1v) is 7.59. The van der Waals surface area contributed by atoms with Crippen LogP contribution in [0.25, 0.3) is 0 Å². The molecular formula is C19H12F2N2O2. The molecule has 2 heterocycles. The summed E-state index contributed by atoms with van der Waals surface area (Å²) < 4.78 is 33.0. The van der Waals surface area contributed by atoms with Gasteiger partial charge in [0, 0.05) is 23.9 Å². The smallest absolute Gasteiger partial charge is 0.258 e. The Bertz CT molecular complexity index is 961. The zero-order valence-corrected chi connectivity index (χ0v) is 12.9. The molecule has 4 rings (SSSR count). The first kappa shape index (κ1) is 15.3. The van der Waals surface area contributed by atoms with E-state index in [1.165, 1.54) is 41.4 Å². The van der Waals surface area contributed by atoms with Crippen LogP contribution in [0.15, 0.2) is 60.9 Å². The van der Waals surface area contributed by atoms with Crippen LogP contribution >= 0.6 is 0 Å². The highest BCUT2D eigenvalue weighted by atomic mass is 19.1. The van der Waals surface area contributed by atoms with Crippen LogP contribution in [0.4, 0.5) is 14.5 Å². The number of rotatable bonds is 3. The lowest BCUT2D eigenvalue weighted by Crippen LogP contribution is -2.23. The molecule has 0 saturated heterocycles. The van der Waals surface area contributed by atoms with E-state index < -0.39 is 11.6 Å². The standard InChI is InChI=1S/C19H12F2N2O2/c20-13-3-4-18-12(6-13)11-23(19(18)24)15-7-14(21)8-17(9-15)25-16-2-1-5-22-10-16/h1-10H,11H2. The van der Waals surface area contributed by atoms with Crippen molar-refractivity contribution < 1.29 is 18.3 Å². The van der Waals surface area contributed by atoms with Gasteiger partial charge in [0.1, 0.15) is 23.1 Å². The lowest BCUT2D eigenvalue weighted by Gasteiger charge is -2.17. The van der Waals surface area contributed by atoms with Crippen molar-refractivity contribution in [1.29, 1.82) is 0 Å². The number of halogens is 2. The summed E-state index contributed by atoms with van der Waals surface area (Å²) in [4.78, 5) is 17.8. The monoisotopic (exact) mass is 338 g/mol. The molecule has 0 spiro atoms. The molecule has 0 aliphatic carbocycles. The van der Waals surface area contributed by atoms with Crippen LogP contribution in [0.3, 0.4) is 0 Å². The first-order chi connectivity index (χ1) is 12.1. The van der Waals surface area contributed by atoms with Gasteiger partial charge in [-0.1, -0.05) is 0 Å². The van der Waals surface area contributed by atoms with Gasteiger partial charge in [-0.3, -0.25) is 9.78 Å². The summed E-state index contributed by atoms with van der Waals surface area (Å²) in [5, 5.41) is 0. The molecular weight excluding hydrogens is 326 g/mol. The maximum absolute atomic E-state index is 14.0. The zero-order valence-electron chi connectivity index (χ0n) is 12.9. The summed E-state index contributed by atoms with van der Waals surface area (Å²) >= 11 is 0. The molecule has 1 amide bonds. The van der Waals surface area contributed by atoms with Crippen LogP contribution in [0, 0.1) is 11.6 Å². The SMILES string of the molecule is O=C1c2ccc(F)cc2CN1c1cc(F)cc(Oc2cccnc2)c1. The minimum Gasteiger partial charge on any atom is -0.456 e. The Morgan fingerprint density at radius 1 is 1.00 bits per heavy atom. The van der Waals surface area contributed by atoms with Crippen molar-refractivity contribution >= 4 is 11.6 Å². The summed E-state index contributed by atoms with van der Waals surface area (Å²) in [7, 11) is 0. The van der Waals surface area contributed by atoms with E-state index in [1.807, 2.05) is 0 Å². The predicted molar refractivity (Wildman–Crippen MR) is 87.6 cm³/mol. The molecule has 25 heavy (non-hydrogen) atoms. The molecule has 6 heteroatoms. The molecule has 0 unspecified atom stereocenters. The van der Waals surface area contributed by atoms with Crippen molar-refractivity contribution in [2.45, 2.75) is 6.54 Å². The lowest BCUT2D eigenvalue weighted by atomic mass is 10.1. The summed E-state index contributed by atoms with van der Waals surface area (Å²) in [6, 6.07) is 11.4. The number of nitrogens with zero attached hydrogens (tertiary/aromatic N) is 2. The van der Waals surface area contributed by atoms with E-state index in [0.29, 0.717) is 22.6 Å². The number of carbonyl (C=O) groups is 1. The van der Waals surface area contributed by atoms with Crippen LogP contribution in [0.5, 0.6) is 11.5 Å². The van der Waals surface area contributed by atoms with Crippen molar-refractivity contribution in [1.82, 2.24) is 4.98 Å². The Kier molecular flexibility index (Phi) is 3.65. The number of fused-ring (bicyclic) bond motifs is 1. The molecule has 1 aromatic heterocycles. The van der Waals surface area contributed by atoms with Crippen molar-refractivity contribution in [3.8, 4) is 11.5 Å².